The van der Waals surface area contributed by atoms with Gasteiger partial charge in [-0.3, -0.25) is 0 Å². The van der Waals surface area contributed by atoms with Crippen LogP contribution in [0.4, 0.5) is 0 Å². The van der Waals surface area contributed by atoms with Gasteiger partial charge in [0.25, 0.3) is 0 Å². The first-order chi connectivity index (χ1) is 10.4. The maximum Gasteiger partial charge on any atom is 0.000808 e. The summed E-state index contributed by atoms with van der Waals surface area (Å²) in [4.78, 5) is 0. The first kappa shape index (κ1) is 12.4. The van der Waals surface area contributed by atoms with Crippen LogP contribution in [0.3, 0.4) is 0 Å². The smallest absolute Gasteiger partial charge is 0.000808 e. The van der Waals surface area contributed by atoms with Gasteiger partial charge in [-0.2, -0.15) is 11.3 Å². The van der Waals surface area contributed by atoms with Crippen molar-refractivity contribution in [2.45, 2.75) is 0 Å². The van der Waals surface area contributed by atoms with Crippen molar-refractivity contribution in [2.24, 2.45) is 0 Å². The number of rotatable bonds is 2. The molecule has 21 heavy (non-hydrogen) atoms. The summed E-state index contributed by atoms with van der Waals surface area (Å²) < 4.78 is 0. The third kappa shape index (κ3) is 2.16. The van der Waals surface area contributed by atoms with Crippen LogP contribution in [0.1, 0.15) is 0 Å². The van der Waals surface area contributed by atoms with Crippen molar-refractivity contribution in [1.82, 2.24) is 0 Å². The molecule has 0 N–H and O–H groups in total. The maximum absolute atomic E-state index is 2.25. The average molecular weight is 286 g/mol. The van der Waals surface area contributed by atoms with E-state index in [0.29, 0.717) is 0 Å². The predicted octanol–water partition coefficient (Wildman–Crippen LogP) is 6.24. The molecule has 0 nitrogen and oxygen atoms in total. The van der Waals surface area contributed by atoms with Crippen molar-refractivity contribution in [3.8, 4) is 22.3 Å². The Hall–Kier alpha value is -2.38. The molecule has 3 aromatic carbocycles. The molecule has 4 aromatic rings. The molecule has 0 aliphatic heterocycles. The molecular weight excluding hydrogens is 272 g/mol. The van der Waals surface area contributed by atoms with Gasteiger partial charge in [-0.25, -0.2) is 0 Å². The monoisotopic (exact) mass is 286 g/mol. The van der Waals surface area contributed by atoms with Crippen LogP contribution in [0.15, 0.2) is 83.6 Å². The van der Waals surface area contributed by atoms with Crippen molar-refractivity contribution in [3.05, 3.63) is 83.6 Å². The van der Waals surface area contributed by atoms with E-state index in [1.54, 1.807) is 11.3 Å². The minimum Gasteiger partial charge on any atom is -0.151 e. The molecule has 0 aliphatic carbocycles. The number of hydrogen-bond acceptors (Lipinski definition) is 1. The molecule has 1 heterocycles. The van der Waals surface area contributed by atoms with Gasteiger partial charge < -0.3 is 0 Å². The van der Waals surface area contributed by atoms with Crippen LogP contribution in [-0.2, 0) is 0 Å². The highest BCUT2D eigenvalue weighted by Gasteiger charge is 2.10. The molecule has 1 heteroatoms. The van der Waals surface area contributed by atoms with E-state index in [9.17, 15) is 0 Å². The maximum atomic E-state index is 2.25. The zero-order valence-electron chi connectivity index (χ0n) is 11.5. The second-order valence-electron chi connectivity index (χ2n) is 5.09. The SMILES string of the molecule is c1ccc(-c2cscc2-c2cccc3ccccc23)cc1. The zero-order chi connectivity index (χ0) is 14.1. The predicted molar refractivity (Wildman–Crippen MR) is 92.7 cm³/mol. The van der Waals surface area contributed by atoms with E-state index >= 15 is 0 Å². The van der Waals surface area contributed by atoms with E-state index in [1.807, 2.05) is 0 Å². The van der Waals surface area contributed by atoms with Gasteiger partial charge in [0, 0.05) is 11.1 Å². The molecular formula is C20H14S. The minimum atomic E-state index is 1.28. The summed E-state index contributed by atoms with van der Waals surface area (Å²) in [7, 11) is 0. The van der Waals surface area contributed by atoms with Crippen LogP contribution in [0, 0.1) is 0 Å². The van der Waals surface area contributed by atoms with Gasteiger partial charge in [-0.1, -0.05) is 72.8 Å². The van der Waals surface area contributed by atoms with Crippen LogP contribution in [0.25, 0.3) is 33.0 Å². The van der Waals surface area contributed by atoms with Gasteiger partial charge in [0.1, 0.15) is 0 Å². The molecule has 100 valence electrons. The van der Waals surface area contributed by atoms with Crippen molar-refractivity contribution >= 4 is 22.1 Å². The van der Waals surface area contributed by atoms with Crippen LogP contribution in [-0.4, -0.2) is 0 Å². The van der Waals surface area contributed by atoms with Crippen LogP contribution < -0.4 is 0 Å². The second-order valence-corrected chi connectivity index (χ2v) is 5.84. The molecule has 0 atom stereocenters. The fraction of sp³-hybridized carbons (Fsp3) is 0. The molecule has 1 aromatic heterocycles. The topological polar surface area (TPSA) is 0 Å². The second kappa shape index (κ2) is 5.19. The first-order valence-electron chi connectivity index (χ1n) is 7.03. The van der Waals surface area contributed by atoms with Gasteiger partial charge in [0.2, 0.25) is 0 Å². The molecule has 0 aliphatic rings. The largest absolute Gasteiger partial charge is 0.151 e. The van der Waals surface area contributed by atoms with Crippen LogP contribution >= 0.6 is 11.3 Å². The Labute approximate surface area is 128 Å². The fourth-order valence-electron chi connectivity index (χ4n) is 2.81. The fourth-order valence-corrected chi connectivity index (χ4v) is 3.66. The molecule has 0 saturated heterocycles. The summed E-state index contributed by atoms with van der Waals surface area (Å²) in [6.45, 7) is 0. The van der Waals surface area contributed by atoms with Gasteiger partial charge in [-0.15, -0.1) is 0 Å². The summed E-state index contributed by atoms with van der Waals surface area (Å²) >= 11 is 1.76. The van der Waals surface area contributed by atoms with Crippen molar-refractivity contribution in [1.29, 1.82) is 0 Å². The zero-order valence-corrected chi connectivity index (χ0v) is 12.3. The first-order valence-corrected chi connectivity index (χ1v) is 7.97. The summed E-state index contributed by atoms with van der Waals surface area (Å²) in [6, 6.07) is 25.7. The third-order valence-electron chi connectivity index (χ3n) is 3.83. The molecule has 0 amide bonds. The van der Waals surface area contributed by atoms with Crippen LogP contribution in [0.2, 0.25) is 0 Å². The Kier molecular flexibility index (Phi) is 3.06. The number of hydrogen-bond donors (Lipinski definition) is 0. The molecule has 0 saturated carbocycles. The lowest BCUT2D eigenvalue weighted by Crippen LogP contribution is -1.82. The lowest BCUT2D eigenvalue weighted by molar-refractivity contribution is 1.66. The Morgan fingerprint density at radius 2 is 1.24 bits per heavy atom. The van der Waals surface area contributed by atoms with Crippen molar-refractivity contribution in [3.63, 3.8) is 0 Å². The Balaban J connectivity index is 1.97. The summed E-state index contributed by atoms with van der Waals surface area (Å²) in [5.41, 5.74) is 5.23. The quantitative estimate of drug-likeness (QED) is 0.409. The molecule has 0 spiro atoms. The summed E-state index contributed by atoms with van der Waals surface area (Å²) in [6.07, 6.45) is 0. The number of thiophene rings is 1. The van der Waals surface area contributed by atoms with E-state index in [-0.39, 0.29) is 0 Å². The summed E-state index contributed by atoms with van der Waals surface area (Å²) in [5, 5.41) is 7.10. The number of fused-ring (bicyclic) bond motifs is 1. The molecule has 4 rings (SSSR count). The Morgan fingerprint density at radius 3 is 2.14 bits per heavy atom. The van der Waals surface area contributed by atoms with Crippen LogP contribution in [0.5, 0.6) is 0 Å². The van der Waals surface area contributed by atoms with Gasteiger partial charge in [0.05, 0.1) is 0 Å². The van der Waals surface area contributed by atoms with Gasteiger partial charge in [0.15, 0.2) is 0 Å². The Bertz CT molecular complexity index is 883. The molecule has 0 fully saturated rings. The highest BCUT2D eigenvalue weighted by Crippen LogP contribution is 2.38. The highest BCUT2D eigenvalue weighted by molar-refractivity contribution is 7.08. The van der Waals surface area contributed by atoms with E-state index in [1.165, 1.54) is 33.0 Å². The standard InChI is InChI=1S/C20H14S/c1-2-7-16(8-3-1)19-13-21-14-20(19)18-12-6-10-15-9-4-5-11-17(15)18/h1-14H. The molecule has 0 radical (unpaired) electrons. The van der Waals surface area contributed by atoms with E-state index in [4.69, 9.17) is 0 Å². The van der Waals surface area contributed by atoms with Gasteiger partial charge in [-0.05, 0) is 32.7 Å². The van der Waals surface area contributed by atoms with Gasteiger partial charge >= 0.3 is 0 Å². The molecule has 0 unspecified atom stereocenters. The Morgan fingerprint density at radius 1 is 0.524 bits per heavy atom. The third-order valence-corrected chi connectivity index (χ3v) is 4.57. The van der Waals surface area contributed by atoms with E-state index < -0.39 is 0 Å². The lowest BCUT2D eigenvalue weighted by Gasteiger charge is -2.08. The summed E-state index contributed by atoms with van der Waals surface area (Å²) in [5.74, 6) is 0. The molecule has 0 bridgehead atoms. The van der Waals surface area contributed by atoms with E-state index in [2.05, 4.69) is 83.6 Å². The van der Waals surface area contributed by atoms with Crippen molar-refractivity contribution < 1.29 is 0 Å². The highest BCUT2D eigenvalue weighted by atomic mass is 32.1. The lowest BCUT2D eigenvalue weighted by atomic mass is 9.95. The number of benzene rings is 3. The minimum absolute atomic E-state index is 1.28. The normalized spacial score (nSPS) is 10.9. The average Bonchev–Trinajstić information content (AvgIpc) is 3.04. The van der Waals surface area contributed by atoms with Crippen molar-refractivity contribution in [2.75, 3.05) is 0 Å². The van der Waals surface area contributed by atoms with E-state index in [0.717, 1.165) is 0 Å².